The molecule has 0 saturated carbocycles. The van der Waals surface area contributed by atoms with Gasteiger partial charge in [0.25, 0.3) is 0 Å². The fourth-order valence-electron chi connectivity index (χ4n) is 2.36. The summed E-state index contributed by atoms with van der Waals surface area (Å²) in [5.41, 5.74) is 0.878. The molecule has 5 nitrogen and oxygen atoms in total. The van der Waals surface area contributed by atoms with Gasteiger partial charge >= 0.3 is 0 Å². The van der Waals surface area contributed by atoms with E-state index in [9.17, 15) is 9.18 Å². The average Bonchev–Trinajstić information content (AvgIpc) is 2.52. The number of anilines is 1. The molecule has 0 bridgehead atoms. The number of benzene rings is 1. The Bertz CT molecular complexity index is 496. The smallest absolute Gasteiger partial charge is 0.245 e. The van der Waals surface area contributed by atoms with Gasteiger partial charge in [-0.25, -0.2) is 4.39 Å². The maximum absolute atomic E-state index is 14.2. The number of nitrogens with zero attached hydrogens (tertiary/aromatic N) is 1. The number of morpholine rings is 1. The molecule has 1 aromatic rings. The second-order valence-corrected chi connectivity index (χ2v) is 5.02. The van der Waals surface area contributed by atoms with E-state index in [1.54, 1.807) is 17.0 Å². The second kappa shape index (κ2) is 7.38. The summed E-state index contributed by atoms with van der Waals surface area (Å²) in [5, 5.41) is 11.9. The summed E-state index contributed by atoms with van der Waals surface area (Å²) in [5.74, 6) is -0.584. The van der Waals surface area contributed by atoms with Crippen LogP contribution < -0.4 is 10.2 Å². The normalized spacial score (nSPS) is 18.6. The zero-order valence-electron chi connectivity index (χ0n) is 12.1. The van der Waals surface area contributed by atoms with Gasteiger partial charge in [-0.05, 0) is 24.1 Å². The number of rotatable bonds is 5. The van der Waals surface area contributed by atoms with Crippen molar-refractivity contribution in [3.8, 4) is 0 Å². The quantitative estimate of drug-likeness (QED) is 0.852. The van der Waals surface area contributed by atoms with Crippen LogP contribution in [0.1, 0.15) is 18.9 Å². The van der Waals surface area contributed by atoms with Crippen LogP contribution >= 0.6 is 0 Å². The number of carbonyl (C=O) groups excluding carboxylic acids is 1. The first-order valence-corrected chi connectivity index (χ1v) is 7.18. The highest BCUT2D eigenvalue weighted by atomic mass is 19.1. The molecule has 21 heavy (non-hydrogen) atoms. The Balaban J connectivity index is 2.20. The van der Waals surface area contributed by atoms with Crippen LogP contribution in [0, 0.1) is 5.82 Å². The van der Waals surface area contributed by atoms with Crippen molar-refractivity contribution >= 4 is 11.6 Å². The topological polar surface area (TPSA) is 61.8 Å². The molecule has 1 aliphatic heterocycles. The molecule has 0 spiro atoms. The molecule has 0 aliphatic carbocycles. The van der Waals surface area contributed by atoms with Gasteiger partial charge in [0.05, 0.1) is 25.5 Å². The van der Waals surface area contributed by atoms with Crippen molar-refractivity contribution in [1.29, 1.82) is 0 Å². The van der Waals surface area contributed by atoms with Crippen LogP contribution in [0.2, 0.25) is 0 Å². The number of hydrogen-bond acceptors (Lipinski definition) is 4. The SMILES string of the molecule is CCCNC(=O)C1COCCN1c1ccc(CO)cc1F. The summed E-state index contributed by atoms with van der Waals surface area (Å²) in [6.07, 6.45) is 0.846. The third kappa shape index (κ3) is 3.71. The zero-order chi connectivity index (χ0) is 15.2. The van der Waals surface area contributed by atoms with Crippen LogP contribution in [0.5, 0.6) is 0 Å². The Labute approximate surface area is 123 Å². The van der Waals surface area contributed by atoms with Gasteiger partial charge in [-0.15, -0.1) is 0 Å². The van der Waals surface area contributed by atoms with E-state index in [1.807, 2.05) is 6.92 Å². The second-order valence-electron chi connectivity index (χ2n) is 5.02. The molecular weight excluding hydrogens is 275 g/mol. The predicted molar refractivity (Wildman–Crippen MR) is 77.6 cm³/mol. The summed E-state index contributed by atoms with van der Waals surface area (Å²) < 4.78 is 19.5. The Kier molecular flexibility index (Phi) is 5.52. The van der Waals surface area contributed by atoms with Crippen LogP contribution in [0.25, 0.3) is 0 Å². The van der Waals surface area contributed by atoms with E-state index in [0.717, 1.165) is 6.42 Å². The molecule has 1 fully saturated rings. The molecule has 1 unspecified atom stereocenters. The lowest BCUT2D eigenvalue weighted by atomic mass is 10.1. The van der Waals surface area contributed by atoms with E-state index in [-0.39, 0.29) is 19.1 Å². The van der Waals surface area contributed by atoms with Crippen molar-refractivity contribution in [3.63, 3.8) is 0 Å². The number of carbonyl (C=O) groups is 1. The maximum atomic E-state index is 14.2. The molecule has 1 atom stereocenters. The van der Waals surface area contributed by atoms with E-state index in [0.29, 0.717) is 30.9 Å². The van der Waals surface area contributed by atoms with Gasteiger partial charge in [0.1, 0.15) is 11.9 Å². The third-order valence-corrected chi connectivity index (χ3v) is 3.48. The Hall–Kier alpha value is -1.66. The minimum atomic E-state index is -0.528. The predicted octanol–water partition coefficient (Wildman–Crippen LogP) is 1.05. The van der Waals surface area contributed by atoms with Crippen molar-refractivity contribution in [2.24, 2.45) is 0 Å². The first kappa shape index (κ1) is 15.7. The van der Waals surface area contributed by atoms with Gasteiger partial charge in [0, 0.05) is 13.1 Å². The van der Waals surface area contributed by atoms with Crippen LogP contribution in [0.4, 0.5) is 10.1 Å². The number of hydrogen-bond donors (Lipinski definition) is 2. The van der Waals surface area contributed by atoms with E-state index in [2.05, 4.69) is 5.32 Å². The number of aliphatic hydroxyl groups is 1. The molecule has 1 aromatic carbocycles. The van der Waals surface area contributed by atoms with E-state index >= 15 is 0 Å². The molecule has 116 valence electrons. The molecular formula is C15H21FN2O3. The minimum Gasteiger partial charge on any atom is -0.392 e. The van der Waals surface area contributed by atoms with Gasteiger partial charge in [-0.2, -0.15) is 0 Å². The molecule has 1 amide bonds. The highest BCUT2D eigenvalue weighted by molar-refractivity contribution is 5.85. The summed E-state index contributed by atoms with van der Waals surface area (Å²) >= 11 is 0. The Morgan fingerprint density at radius 1 is 1.57 bits per heavy atom. The lowest BCUT2D eigenvalue weighted by Gasteiger charge is -2.36. The first-order chi connectivity index (χ1) is 10.2. The van der Waals surface area contributed by atoms with Crippen LogP contribution in [-0.2, 0) is 16.1 Å². The largest absolute Gasteiger partial charge is 0.392 e. The van der Waals surface area contributed by atoms with Crippen molar-refractivity contribution < 1.29 is 19.0 Å². The summed E-state index contributed by atoms with van der Waals surface area (Å²) in [6.45, 7) is 3.52. The summed E-state index contributed by atoms with van der Waals surface area (Å²) in [4.78, 5) is 13.9. The van der Waals surface area contributed by atoms with Crippen LogP contribution in [0.3, 0.4) is 0 Å². The highest BCUT2D eigenvalue weighted by Gasteiger charge is 2.30. The Morgan fingerprint density at radius 3 is 3.05 bits per heavy atom. The molecule has 1 aliphatic rings. The fourth-order valence-corrected chi connectivity index (χ4v) is 2.36. The fraction of sp³-hybridized carbons (Fsp3) is 0.533. The third-order valence-electron chi connectivity index (χ3n) is 3.48. The number of amides is 1. The van der Waals surface area contributed by atoms with Crippen molar-refractivity contribution in [1.82, 2.24) is 5.32 Å². The van der Waals surface area contributed by atoms with Gasteiger partial charge in [-0.1, -0.05) is 13.0 Å². The lowest BCUT2D eigenvalue weighted by Crippen LogP contribution is -2.54. The van der Waals surface area contributed by atoms with Gasteiger partial charge < -0.3 is 20.1 Å². The van der Waals surface area contributed by atoms with Gasteiger partial charge in [-0.3, -0.25) is 4.79 Å². The first-order valence-electron chi connectivity index (χ1n) is 7.18. The van der Waals surface area contributed by atoms with E-state index in [4.69, 9.17) is 9.84 Å². The summed E-state index contributed by atoms with van der Waals surface area (Å²) in [6, 6.07) is 4.03. The molecule has 0 aromatic heterocycles. The minimum absolute atomic E-state index is 0.151. The van der Waals surface area contributed by atoms with Crippen molar-refractivity contribution in [2.45, 2.75) is 26.0 Å². The van der Waals surface area contributed by atoms with Crippen LogP contribution in [-0.4, -0.2) is 43.4 Å². The number of ether oxygens (including phenoxy) is 1. The lowest BCUT2D eigenvalue weighted by molar-refractivity contribution is -0.124. The number of aliphatic hydroxyl groups excluding tert-OH is 1. The maximum Gasteiger partial charge on any atom is 0.245 e. The van der Waals surface area contributed by atoms with E-state index < -0.39 is 11.9 Å². The number of halogens is 1. The van der Waals surface area contributed by atoms with Gasteiger partial charge in [0.2, 0.25) is 5.91 Å². The Morgan fingerprint density at radius 2 is 2.38 bits per heavy atom. The summed E-state index contributed by atoms with van der Waals surface area (Å²) in [7, 11) is 0. The zero-order valence-corrected chi connectivity index (χ0v) is 12.1. The molecule has 0 radical (unpaired) electrons. The van der Waals surface area contributed by atoms with Crippen molar-refractivity contribution in [3.05, 3.63) is 29.6 Å². The monoisotopic (exact) mass is 296 g/mol. The molecule has 2 N–H and O–H groups in total. The number of nitrogens with one attached hydrogen (secondary N) is 1. The molecule has 2 rings (SSSR count). The van der Waals surface area contributed by atoms with E-state index in [1.165, 1.54) is 6.07 Å². The standard InChI is InChI=1S/C15H21FN2O3/c1-2-5-17-15(20)14-10-21-7-6-18(14)13-4-3-11(9-19)8-12(13)16/h3-4,8,14,19H,2,5-7,9-10H2,1H3,(H,17,20). The molecule has 6 heteroatoms. The average molecular weight is 296 g/mol. The van der Waals surface area contributed by atoms with Crippen LogP contribution in [0.15, 0.2) is 18.2 Å². The molecule has 1 heterocycles. The molecule has 1 saturated heterocycles. The van der Waals surface area contributed by atoms with Gasteiger partial charge in [0.15, 0.2) is 0 Å². The van der Waals surface area contributed by atoms with Crippen molar-refractivity contribution in [2.75, 3.05) is 31.2 Å². The highest BCUT2D eigenvalue weighted by Crippen LogP contribution is 2.24.